The number of hydrogen-bond donors (Lipinski definition) is 0. The van der Waals surface area contributed by atoms with E-state index in [0.29, 0.717) is 0 Å². The molecule has 0 amide bonds. The van der Waals surface area contributed by atoms with Crippen LogP contribution in [0.15, 0.2) is 133 Å². The average molecular weight is 829 g/mol. The van der Waals surface area contributed by atoms with Gasteiger partial charge in [-0.05, 0) is 132 Å². The molecule has 6 aromatic rings. The lowest BCUT2D eigenvalue weighted by molar-refractivity contribution is 0.158. The van der Waals surface area contributed by atoms with E-state index < -0.39 is 11.2 Å². The molecule has 6 aromatic carbocycles. The quantitative estimate of drug-likeness (QED) is 0.0969. The molecule has 6 heteroatoms. The molecule has 4 unspecified atom stereocenters. The lowest BCUT2D eigenvalue weighted by Crippen LogP contribution is -2.35. The highest BCUT2D eigenvalue weighted by atomic mass is 16.5. The molecule has 0 saturated heterocycles. The zero-order chi connectivity index (χ0) is 43.4. The van der Waals surface area contributed by atoms with Gasteiger partial charge in [0.1, 0.15) is 34.5 Å². The molecule has 0 saturated carbocycles. The smallest absolute Gasteiger partial charge is 0.178 e. The van der Waals surface area contributed by atoms with Crippen LogP contribution in [0.1, 0.15) is 114 Å². The number of ether oxygens (including phenoxy) is 6. The molecule has 2 aliphatic heterocycles. The summed E-state index contributed by atoms with van der Waals surface area (Å²) in [4.78, 5) is 0. The van der Waals surface area contributed by atoms with Crippen molar-refractivity contribution in [3.05, 3.63) is 167 Å². The van der Waals surface area contributed by atoms with Crippen molar-refractivity contribution in [2.45, 2.75) is 117 Å². The topological polar surface area (TPSA) is 55.4 Å². The van der Waals surface area contributed by atoms with Crippen molar-refractivity contribution in [2.24, 2.45) is 0 Å². The van der Waals surface area contributed by atoms with Gasteiger partial charge in [0.15, 0.2) is 11.2 Å². The summed E-state index contributed by atoms with van der Waals surface area (Å²) in [5, 5.41) is 2.04. The second kappa shape index (κ2) is 18.1. The molecule has 0 N–H and O–H groups in total. The molecule has 0 bridgehead atoms. The summed E-state index contributed by atoms with van der Waals surface area (Å²) in [6, 6.07) is 41.8. The summed E-state index contributed by atoms with van der Waals surface area (Å²) in [6.07, 6.45) is 12.9. The predicted molar refractivity (Wildman–Crippen MR) is 252 cm³/mol. The van der Waals surface area contributed by atoms with E-state index in [2.05, 4.69) is 152 Å². The number of fused-ring (bicyclic) bond motifs is 5. The zero-order valence-corrected chi connectivity index (χ0v) is 37.4. The first-order valence-electron chi connectivity index (χ1n) is 22.5. The summed E-state index contributed by atoms with van der Waals surface area (Å²) >= 11 is 0. The van der Waals surface area contributed by atoms with E-state index >= 15 is 0 Å². The third kappa shape index (κ3) is 8.40. The van der Waals surface area contributed by atoms with Crippen LogP contribution in [0.25, 0.3) is 22.9 Å². The first-order chi connectivity index (χ1) is 30.1. The van der Waals surface area contributed by atoms with Crippen LogP contribution in [0.4, 0.5) is 0 Å². The van der Waals surface area contributed by atoms with Crippen molar-refractivity contribution in [3.63, 3.8) is 0 Å². The van der Waals surface area contributed by atoms with Crippen molar-refractivity contribution >= 4 is 22.9 Å². The number of hydrogen-bond acceptors (Lipinski definition) is 6. The van der Waals surface area contributed by atoms with E-state index in [1.54, 1.807) is 0 Å². The third-order valence-electron chi connectivity index (χ3n) is 12.5. The van der Waals surface area contributed by atoms with Gasteiger partial charge in [-0.25, -0.2) is 0 Å². The Hall–Kier alpha value is -6.14. The molecule has 0 fully saturated rings. The first-order valence-corrected chi connectivity index (χ1v) is 22.5. The largest absolute Gasteiger partial charge is 0.491 e. The molecule has 2 aliphatic rings. The summed E-state index contributed by atoms with van der Waals surface area (Å²) < 4.78 is 39.6. The number of rotatable bonds is 16. The van der Waals surface area contributed by atoms with Crippen molar-refractivity contribution < 1.29 is 28.4 Å². The van der Waals surface area contributed by atoms with Crippen molar-refractivity contribution in [2.75, 3.05) is 0 Å². The maximum atomic E-state index is 7.50. The summed E-state index contributed by atoms with van der Waals surface area (Å²) in [6.45, 7) is 16.9. The highest BCUT2D eigenvalue weighted by Crippen LogP contribution is 2.51. The molecule has 0 spiro atoms. The fraction of sp³-hybridized carbons (Fsp3) is 0.321. The molecule has 0 aromatic heterocycles. The van der Waals surface area contributed by atoms with Crippen LogP contribution >= 0.6 is 0 Å². The highest BCUT2D eigenvalue weighted by molar-refractivity contribution is 6.01. The molecule has 0 radical (unpaired) electrons. The summed E-state index contributed by atoms with van der Waals surface area (Å²) in [5.41, 5.74) is 4.03. The molecule has 6 nitrogen and oxygen atoms in total. The Morgan fingerprint density at radius 1 is 0.419 bits per heavy atom. The van der Waals surface area contributed by atoms with Gasteiger partial charge in [0.2, 0.25) is 0 Å². The third-order valence-corrected chi connectivity index (χ3v) is 12.5. The van der Waals surface area contributed by atoms with Crippen molar-refractivity contribution in [3.8, 4) is 34.5 Å². The van der Waals surface area contributed by atoms with Crippen LogP contribution in [-0.2, 0) is 11.2 Å². The molecule has 320 valence electrons. The second-order valence-electron chi connectivity index (χ2n) is 16.8. The first kappa shape index (κ1) is 42.5. The zero-order valence-electron chi connectivity index (χ0n) is 37.4. The molecular weight excluding hydrogens is 769 g/mol. The van der Waals surface area contributed by atoms with Gasteiger partial charge in [0, 0.05) is 38.8 Å². The van der Waals surface area contributed by atoms with Gasteiger partial charge in [-0.2, -0.15) is 0 Å². The van der Waals surface area contributed by atoms with Crippen LogP contribution < -0.4 is 28.4 Å². The van der Waals surface area contributed by atoms with Crippen LogP contribution in [0, 0.1) is 0 Å². The Morgan fingerprint density at radius 3 is 1.16 bits per heavy atom. The fourth-order valence-electron chi connectivity index (χ4n) is 8.06. The van der Waals surface area contributed by atoms with E-state index in [-0.39, 0.29) is 24.4 Å². The lowest BCUT2D eigenvalue weighted by atomic mass is 9.82. The predicted octanol–water partition coefficient (Wildman–Crippen LogP) is 14.2. The van der Waals surface area contributed by atoms with Gasteiger partial charge in [-0.15, -0.1) is 0 Å². The molecular formula is C56H60O6. The molecule has 8 rings (SSSR count). The number of benzene rings is 6. The summed E-state index contributed by atoms with van der Waals surface area (Å²) in [5.74, 6) is 4.87. The van der Waals surface area contributed by atoms with Crippen LogP contribution in [0.5, 0.6) is 34.5 Å². The van der Waals surface area contributed by atoms with Crippen LogP contribution in [0.2, 0.25) is 0 Å². The minimum Gasteiger partial charge on any atom is -0.491 e. The molecule has 2 heterocycles. The average Bonchev–Trinajstić information content (AvgIpc) is 3.31. The van der Waals surface area contributed by atoms with Gasteiger partial charge in [-0.3, -0.25) is 0 Å². The molecule has 0 aliphatic carbocycles. The van der Waals surface area contributed by atoms with Crippen molar-refractivity contribution in [1.29, 1.82) is 0 Å². The minimum atomic E-state index is -0.949. The fourth-order valence-corrected chi connectivity index (χ4v) is 8.06. The Balaban J connectivity index is 1.24. The van der Waals surface area contributed by atoms with Crippen LogP contribution in [0.3, 0.4) is 0 Å². The SMILES string of the molecule is CCC(C)Oc1ccc(C2(c3ccc(OC(C)CC)cc3)C=Cc3c(ccc4ccc5c(c34)OC(c3ccc(OC(C)CC)cc3)(c3ccc(OC(C)CC)cc3)C=C5)O2)cc1. The van der Waals surface area contributed by atoms with Crippen LogP contribution in [-0.4, -0.2) is 24.4 Å². The van der Waals surface area contributed by atoms with E-state index in [1.807, 2.05) is 48.5 Å². The van der Waals surface area contributed by atoms with E-state index in [1.165, 1.54) is 0 Å². The van der Waals surface area contributed by atoms with Gasteiger partial charge in [-0.1, -0.05) is 101 Å². The minimum absolute atomic E-state index is 0.114. The Kier molecular flexibility index (Phi) is 12.4. The molecule has 62 heavy (non-hydrogen) atoms. The Labute approximate surface area is 368 Å². The van der Waals surface area contributed by atoms with Gasteiger partial charge >= 0.3 is 0 Å². The maximum Gasteiger partial charge on any atom is 0.178 e. The van der Waals surface area contributed by atoms with Gasteiger partial charge in [0.05, 0.1) is 24.4 Å². The summed E-state index contributed by atoms with van der Waals surface area (Å²) in [7, 11) is 0. The molecule has 4 atom stereocenters. The normalized spacial score (nSPS) is 19.5. The monoisotopic (exact) mass is 828 g/mol. The second-order valence-corrected chi connectivity index (χ2v) is 16.8. The van der Waals surface area contributed by atoms with E-state index in [0.717, 1.165) is 104 Å². The van der Waals surface area contributed by atoms with Gasteiger partial charge < -0.3 is 28.4 Å². The highest BCUT2D eigenvalue weighted by Gasteiger charge is 2.41. The standard InChI is InChI=1S/C56H60O6/c1-9-37(5)57-47-24-16-43(17-25-47)55(44-18-26-48(27-19-44)58-38(6)10-2)36-34-51-52(61-55)32-15-41-13-14-42-33-35-56(62-54(42)53(41)51,45-20-28-49(29-21-45)59-39(7)11-3)46-22-30-50(31-23-46)60-40(8)12-4/h13-40H,9-12H2,1-8H3. The lowest BCUT2D eigenvalue weighted by Gasteiger charge is -2.38. The Bertz CT molecular complexity index is 2410. The maximum absolute atomic E-state index is 7.50. The van der Waals surface area contributed by atoms with E-state index in [9.17, 15) is 0 Å². The van der Waals surface area contributed by atoms with Gasteiger partial charge in [0.25, 0.3) is 0 Å². The van der Waals surface area contributed by atoms with E-state index in [4.69, 9.17) is 28.4 Å². The van der Waals surface area contributed by atoms with Crippen molar-refractivity contribution in [1.82, 2.24) is 0 Å². The Morgan fingerprint density at radius 2 is 0.774 bits per heavy atom.